The zero-order valence-corrected chi connectivity index (χ0v) is 16.6. The van der Waals surface area contributed by atoms with Gasteiger partial charge in [-0.3, -0.25) is 14.5 Å². The fraction of sp³-hybridized carbons (Fsp3) is 0.174. The van der Waals surface area contributed by atoms with Crippen molar-refractivity contribution in [2.75, 3.05) is 6.54 Å². The molecular weight excluding hydrogens is 405 g/mol. The number of halogens is 3. The summed E-state index contributed by atoms with van der Waals surface area (Å²) in [4.78, 5) is 19.0. The van der Waals surface area contributed by atoms with E-state index in [2.05, 4.69) is 10.1 Å². The summed E-state index contributed by atoms with van der Waals surface area (Å²) in [6.45, 7) is 0.652. The zero-order valence-electron chi connectivity index (χ0n) is 16.6. The molecular formula is C23H17F3N4O. The lowest BCUT2D eigenvalue weighted by Crippen LogP contribution is -2.36. The second-order valence-electron chi connectivity index (χ2n) is 7.51. The molecule has 0 aliphatic carbocycles. The smallest absolute Gasteiger partial charge is 0.254 e. The van der Waals surface area contributed by atoms with Crippen LogP contribution in [0.5, 0.6) is 0 Å². The Morgan fingerprint density at radius 1 is 1.06 bits per heavy atom. The fourth-order valence-electron chi connectivity index (χ4n) is 4.13. The molecule has 2 aromatic carbocycles. The van der Waals surface area contributed by atoms with Crippen molar-refractivity contribution < 1.29 is 18.0 Å². The molecule has 1 aliphatic heterocycles. The maximum Gasteiger partial charge on any atom is 0.254 e. The molecule has 1 aliphatic rings. The Balaban J connectivity index is 1.47. The first-order chi connectivity index (χ1) is 14.9. The molecule has 0 N–H and O–H groups in total. The van der Waals surface area contributed by atoms with Crippen molar-refractivity contribution in [2.24, 2.45) is 7.05 Å². The number of fused-ring (bicyclic) bond motifs is 2. The summed E-state index contributed by atoms with van der Waals surface area (Å²) < 4.78 is 43.0. The van der Waals surface area contributed by atoms with E-state index in [1.807, 2.05) is 18.2 Å². The molecule has 0 radical (unpaired) electrons. The van der Waals surface area contributed by atoms with Gasteiger partial charge < -0.3 is 4.90 Å². The lowest BCUT2D eigenvalue weighted by atomic mass is 9.98. The molecule has 31 heavy (non-hydrogen) atoms. The third-order valence-corrected chi connectivity index (χ3v) is 5.63. The summed E-state index contributed by atoms with van der Waals surface area (Å²) in [5.74, 6) is -4.12. The standard InChI is InChI=1S/C23H17F3N4O/c1-29-22(16-5-6-17(24)21(26)20(16)25)15-8-10-30(12-19(15)28-29)23(31)14-4-7-18-13(11-14)3-2-9-27-18/h2-7,9,11H,8,10,12H2,1H3. The number of amides is 1. The van der Waals surface area contributed by atoms with Crippen LogP contribution in [-0.4, -0.2) is 32.1 Å². The van der Waals surface area contributed by atoms with Crippen LogP contribution in [0.4, 0.5) is 13.2 Å². The second kappa shape index (κ2) is 7.23. The maximum absolute atomic E-state index is 14.4. The Morgan fingerprint density at radius 3 is 2.74 bits per heavy atom. The van der Waals surface area contributed by atoms with Crippen molar-refractivity contribution in [1.82, 2.24) is 19.7 Å². The van der Waals surface area contributed by atoms with Crippen LogP contribution in [0, 0.1) is 17.5 Å². The number of aryl methyl sites for hydroxylation is 1. The third-order valence-electron chi connectivity index (χ3n) is 5.63. The molecule has 156 valence electrons. The summed E-state index contributed by atoms with van der Waals surface area (Å²) >= 11 is 0. The van der Waals surface area contributed by atoms with Gasteiger partial charge in [0.1, 0.15) is 0 Å². The third kappa shape index (κ3) is 3.15. The van der Waals surface area contributed by atoms with E-state index < -0.39 is 17.5 Å². The van der Waals surface area contributed by atoms with E-state index in [1.54, 1.807) is 30.3 Å². The highest BCUT2D eigenvalue weighted by Gasteiger charge is 2.29. The topological polar surface area (TPSA) is 51.0 Å². The van der Waals surface area contributed by atoms with Crippen molar-refractivity contribution in [3.63, 3.8) is 0 Å². The lowest BCUT2D eigenvalue weighted by Gasteiger charge is -2.27. The minimum absolute atomic E-state index is 0.0445. The largest absolute Gasteiger partial charge is 0.332 e. The predicted octanol–water partition coefficient (Wildman–Crippen LogP) is 4.25. The Kier molecular flexibility index (Phi) is 4.50. The van der Waals surface area contributed by atoms with Crippen LogP contribution in [0.3, 0.4) is 0 Å². The van der Waals surface area contributed by atoms with Gasteiger partial charge in [-0.15, -0.1) is 0 Å². The van der Waals surface area contributed by atoms with Gasteiger partial charge in [-0.2, -0.15) is 5.10 Å². The monoisotopic (exact) mass is 422 g/mol. The van der Waals surface area contributed by atoms with Crippen molar-refractivity contribution in [1.29, 1.82) is 0 Å². The fourth-order valence-corrected chi connectivity index (χ4v) is 4.13. The summed E-state index contributed by atoms with van der Waals surface area (Å²) in [7, 11) is 1.62. The maximum atomic E-state index is 14.4. The summed E-state index contributed by atoms with van der Waals surface area (Å²) in [6.07, 6.45) is 2.13. The van der Waals surface area contributed by atoms with Crippen LogP contribution >= 0.6 is 0 Å². The molecule has 3 heterocycles. The molecule has 0 spiro atoms. The highest BCUT2D eigenvalue weighted by Crippen LogP contribution is 2.33. The van der Waals surface area contributed by atoms with Crippen molar-refractivity contribution >= 4 is 16.8 Å². The minimum Gasteiger partial charge on any atom is -0.332 e. The van der Waals surface area contributed by atoms with Gasteiger partial charge in [0, 0.05) is 41.9 Å². The molecule has 0 bridgehead atoms. The summed E-state index contributed by atoms with van der Waals surface area (Å²) in [6, 6.07) is 11.2. The van der Waals surface area contributed by atoms with Crippen LogP contribution in [-0.2, 0) is 20.0 Å². The van der Waals surface area contributed by atoms with Crippen molar-refractivity contribution in [2.45, 2.75) is 13.0 Å². The van der Waals surface area contributed by atoms with Gasteiger partial charge in [0.15, 0.2) is 17.5 Å². The molecule has 0 fully saturated rings. The van der Waals surface area contributed by atoms with E-state index in [9.17, 15) is 18.0 Å². The van der Waals surface area contributed by atoms with E-state index in [-0.39, 0.29) is 18.0 Å². The minimum atomic E-state index is -1.51. The average Bonchev–Trinajstić information content (AvgIpc) is 3.11. The van der Waals surface area contributed by atoms with Gasteiger partial charge >= 0.3 is 0 Å². The first-order valence-electron chi connectivity index (χ1n) is 9.76. The van der Waals surface area contributed by atoms with Gasteiger partial charge in [0.05, 0.1) is 23.4 Å². The molecule has 0 unspecified atom stereocenters. The number of benzene rings is 2. The number of carbonyl (C=O) groups excluding carboxylic acids is 1. The van der Waals surface area contributed by atoms with Gasteiger partial charge in [-0.1, -0.05) is 6.07 Å². The van der Waals surface area contributed by atoms with Crippen LogP contribution in [0.15, 0.2) is 48.7 Å². The number of hydrogen-bond acceptors (Lipinski definition) is 3. The Morgan fingerprint density at radius 2 is 1.90 bits per heavy atom. The molecule has 5 nitrogen and oxygen atoms in total. The predicted molar refractivity (Wildman–Crippen MR) is 109 cm³/mol. The molecule has 4 aromatic rings. The highest BCUT2D eigenvalue weighted by atomic mass is 19.2. The average molecular weight is 422 g/mol. The van der Waals surface area contributed by atoms with Crippen LogP contribution in [0.1, 0.15) is 21.6 Å². The highest BCUT2D eigenvalue weighted by molar-refractivity contribution is 5.98. The van der Waals surface area contributed by atoms with E-state index in [0.29, 0.717) is 29.9 Å². The van der Waals surface area contributed by atoms with E-state index in [0.717, 1.165) is 22.5 Å². The van der Waals surface area contributed by atoms with Crippen LogP contribution in [0.2, 0.25) is 0 Å². The number of pyridine rings is 1. The second-order valence-corrected chi connectivity index (χ2v) is 7.51. The summed E-state index contributed by atoms with van der Waals surface area (Å²) in [5, 5.41) is 5.30. The molecule has 0 saturated heterocycles. The number of aromatic nitrogens is 3. The van der Waals surface area contributed by atoms with Gasteiger partial charge in [0.25, 0.3) is 5.91 Å². The number of carbonyl (C=O) groups is 1. The summed E-state index contributed by atoms with van der Waals surface area (Å²) in [5.41, 5.74) is 3.06. The van der Waals surface area contributed by atoms with Crippen molar-refractivity contribution in [3.05, 3.63) is 82.9 Å². The molecule has 0 atom stereocenters. The molecule has 8 heteroatoms. The van der Waals surface area contributed by atoms with Gasteiger partial charge in [-0.05, 0) is 42.8 Å². The zero-order chi connectivity index (χ0) is 21.7. The number of hydrogen-bond donors (Lipinski definition) is 0. The molecule has 1 amide bonds. The molecule has 5 rings (SSSR count). The Labute approximate surface area is 175 Å². The van der Waals surface area contributed by atoms with E-state index >= 15 is 0 Å². The van der Waals surface area contributed by atoms with Crippen LogP contribution < -0.4 is 0 Å². The molecule has 0 saturated carbocycles. The molecule has 2 aromatic heterocycles. The normalized spacial score (nSPS) is 13.5. The van der Waals surface area contributed by atoms with Gasteiger partial charge in [-0.25, -0.2) is 13.2 Å². The van der Waals surface area contributed by atoms with E-state index in [1.165, 1.54) is 10.7 Å². The first kappa shape index (κ1) is 19.3. The number of nitrogens with zero attached hydrogens (tertiary/aromatic N) is 4. The first-order valence-corrected chi connectivity index (χ1v) is 9.76. The van der Waals surface area contributed by atoms with Gasteiger partial charge in [0.2, 0.25) is 0 Å². The van der Waals surface area contributed by atoms with Crippen molar-refractivity contribution in [3.8, 4) is 11.3 Å². The Hall–Kier alpha value is -3.68. The quantitative estimate of drug-likeness (QED) is 0.454. The number of rotatable bonds is 2. The van der Waals surface area contributed by atoms with Crippen LogP contribution in [0.25, 0.3) is 22.2 Å². The van der Waals surface area contributed by atoms with E-state index in [4.69, 9.17) is 0 Å². The lowest BCUT2D eigenvalue weighted by molar-refractivity contribution is 0.0732. The SMILES string of the molecule is Cn1nc2c(c1-c1ccc(F)c(F)c1F)CCN(C(=O)c1ccc3ncccc3c1)C2. The Bertz CT molecular complexity index is 1350.